The summed E-state index contributed by atoms with van der Waals surface area (Å²) in [5, 5.41) is 4.35. The fourth-order valence-electron chi connectivity index (χ4n) is 1.55. The van der Waals surface area contributed by atoms with Crippen LogP contribution in [0.3, 0.4) is 0 Å². The zero-order chi connectivity index (χ0) is 9.80. The van der Waals surface area contributed by atoms with Crippen LogP contribution in [0.1, 0.15) is 32.0 Å². The van der Waals surface area contributed by atoms with Gasteiger partial charge in [0.1, 0.15) is 5.82 Å². The number of allylic oxidation sites excluding steroid dienone is 1. The third-order valence-electron chi connectivity index (χ3n) is 2.35. The predicted octanol–water partition coefficient (Wildman–Crippen LogP) is 2.62. The molecular formula is C10H15N3S. The van der Waals surface area contributed by atoms with Crippen LogP contribution in [0, 0.1) is 0 Å². The second kappa shape index (κ2) is 4.55. The lowest BCUT2D eigenvalue weighted by Gasteiger charge is -2.16. The van der Waals surface area contributed by atoms with E-state index in [-0.39, 0.29) is 0 Å². The molecule has 0 bridgehead atoms. The summed E-state index contributed by atoms with van der Waals surface area (Å²) in [5.74, 6) is 0.942. The van der Waals surface area contributed by atoms with Gasteiger partial charge in [-0.15, -0.1) is 0 Å². The van der Waals surface area contributed by atoms with Crippen LogP contribution in [-0.4, -0.2) is 15.4 Å². The fraction of sp³-hybridized carbons (Fsp3) is 0.600. The summed E-state index contributed by atoms with van der Waals surface area (Å²) in [7, 11) is 0. The van der Waals surface area contributed by atoms with E-state index in [0.717, 1.165) is 17.4 Å². The molecule has 3 nitrogen and oxygen atoms in total. The largest absolute Gasteiger partial charge is 0.354 e. The standard InChI is InChI=1S/C10H15N3S/c1-2-9-12-10(14-13-9)11-8-6-4-3-5-7-8/h4,6,8H,2-3,5,7H2,1H3,(H,11,12,13). The lowest BCUT2D eigenvalue weighted by molar-refractivity contribution is 0.673. The Morgan fingerprint density at radius 3 is 3.21 bits per heavy atom. The summed E-state index contributed by atoms with van der Waals surface area (Å²) < 4.78 is 4.24. The predicted molar refractivity (Wildman–Crippen MR) is 59.7 cm³/mol. The van der Waals surface area contributed by atoms with Gasteiger partial charge in [-0.05, 0) is 19.3 Å². The number of hydrogen-bond acceptors (Lipinski definition) is 4. The first kappa shape index (κ1) is 9.65. The van der Waals surface area contributed by atoms with Gasteiger partial charge in [0.05, 0.1) is 0 Å². The average Bonchev–Trinajstić information content (AvgIpc) is 2.67. The quantitative estimate of drug-likeness (QED) is 0.778. The average molecular weight is 209 g/mol. The monoisotopic (exact) mass is 209 g/mol. The summed E-state index contributed by atoms with van der Waals surface area (Å²) in [6.45, 7) is 2.08. The maximum absolute atomic E-state index is 4.39. The lowest BCUT2D eigenvalue weighted by Crippen LogP contribution is -2.18. The van der Waals surface area contributed by atoms with Crippen molar-refractivity contribution in [3.05, 3.63) is 18.0 Å². The normalized spacial score (nSPS) is 21.1. The Morgan fingerprint density at radius 2 is 2.57 bits per heavy atom. The first-order chi connectivity index (χ1) is 6.88. The second-order valence-corrected chi connectivity index (χ2v) is 4.23. The molecular weight excluding hydrogens is 194 g/mol. The Hall–Kier alpha value is -0.900. The molecule has 14 heavy (non-hydrogen) atoms. The van der Waals surface area contributed by atoms with E-state index in [4.69, 9.17) is 0 Å². The van der Waals surface area contributed by atoms with Crippen LogP contribution in [-0.2, 0) is 6.42 Å². The number of aromatic nitrogens is 2. The number of nitrogens with zero attached hydrogens (tertiary/aromatic N) is 2. The van der Waals surface area contributed by atoms with Crippen molar-refractivity contribution in [1.29, 1.82) is 0 Å². The minimum Gasteiger partial charge on any atom is -0.354 e. The molecule has 0 aliphatic heterocycles. The van der Waals surface area contributed by atoms with Crippen LogP contribution in [0.5, 0.6) is 0 Å². The number of anilines is 1. The smallest absolute Gasteiger partial charge is 0.203 e. The molecule has 1 aromatic heterocycles. The van der Waals surface area contributed by atoms with E-state index in [1.807, 2.05) is 0 Å². The van der Waals surface area contributed by atoms with E-state index in [0.29, 0.717) is 6.04 Å². The van der Waals surface area contributed by atoms with Gasteiger partial charge in [-0.1, -0.05) is 19.1 Å². The number of aryl methyl sites for hydroxylation is 1. The van der Waals surface area contributed by atoms with Crippen molar-refractivity contribution in [3.63, 3.8) is 0 Å². The zero-order valence-corrected chi connectivity index (χ0v) is 9.18. The Balaban J connectivity index is 1.95. The molecule has 1 aromatic rings. The van der Waals surface area contributed by atoms with Gasteiger partial charge >= 0.3 is 0 Å². The molecule has 0 amide bonds. The van der Waals surface area contributed by atoms with E-state index >= 15 is 0 Å². The lowest BCUT2D eigenvalue weighted by atomic mass is 10.0. The maximum Gasteiger partial charge on any atom is 0.203 e. The van der Waals surface area contributed by atoms with Crippen LogP contribution in [0.25, 0.3) is 0 Å². The Kier molecular flexibility index (Phi) is 3.14. The highest BCUT2D eigenvalue weighted by molar-refractivity contribution is 7.09. The molecule has 0 saturated heterocycles. The summed E-state index contributed by atoms with van der Waals surface area (Å²) in [6, 6.07) is 0.460. The van der Waals surface area contributed by atoms with Crippen molar-refractivity contribution < 1.29 is 0 Å². The molecule has 0 spiro atoms. The highest BCUT2D eigenvalue weighted by Crippen LogP contribution is 2.18. The van der Waals surface area contributed by atoms with Crippen molar-refractivity contribution in [3.8, 4) is 0 Å². The molecule has 0 aromatic carbocycles. The first-order valence-corrected chi connectivity index (χ1v) is 5.91. The first-order valence-electron chi connectivity index (χ1n) is 5.14. The van der Waals surface area contributed by atoms with Gasteiger partial charge in [-0.2, -0.15) is 4.37 Å². The molecule has 1 N–H and O–H groups in total. The summed E-state index contributed by atoms with van der Waals surface area (Å²) >= 11 is 1.46. The molecule has 1 aliphatic rings. The van der Waals surface area contributed by atoms with Gasteiger partial charge in [0.25, 0.3) is 0 Å². The molecule has 76 valence electrons. The van der Waals surface area contributed by atoms with Crippen LogP contribution in [0.15, 0.2) is 12.2 Å². The Morgan fingerprint density at radius 1 is 1.64 bits per heavy atom. The van der Waals surface area contributed by atoms with E-state index in [1.54, 1.807) is 0 Å². The summed E-state index contributed by atoms with van der Waals surface area (Å²) in [4.78, 5) is 4.39. The van der Waals surface area contributed by atoms with E-state index in [2.05, 4.69) is 33.8 Å². The molecule has 1 unspecified atom stereocenters. The molecule has 1 aliphatic carbocycles. The van der Waals surface area contributed by atoms with Crippen molar-refractivity contribution in [1.82, 2.24) is 9.36 Å². The van der Waals surface area contributed by atoms with E-state index in [1.165, 1.54) is 30.8 Å². The SMILES string of the molecule is CCc1nsc(NC2C=CCCC2)n1. The molecule has 0 saturated carbocycles. The van der Waals surface area contributed by atoms with Crippen LogP contribution < -0.4 is 5.32 Å². The number of rotatable bonds is 3. The number of nitrogens with one attached hydrogen (secondary N) is 1. The Bertz CT molecular complexity index is 319. The van der Waals surface area contributed by atoms with Crippen LogP contribution >= 0.6 is 11.5 Å². The third kappa shape index (κ3) is 2.32. The topological polar surface area (TPSA) is 37.8 Å². The molecule has 0 fully saturated rings. The van der Waals surface area contributed by atoms with Crippen molar-refractivity contribution in [2.45, 2.75) is 38.6 Å². The van der Waals surface area contributed by atoms with Gasteiger partial charge in [-0.25, -0.2) is 4.98 Å². The van der Waals surface area contributed by atoms with Crippen LogP contribution in [0.4, 0.5) is 5.13 Å². The number of hydrogen-bond donors (Lipinski definition) is 1. The molecule has 1 atom stereocenters. The van der Waals surface area contributed by atoms with Crippen molar-refractivity contribution in [2.75, 3.05) is 5.32 Å². The van der Waals surface area contributed by atoms with Gasteiger partial charge in [0, 0.05) is 24.0 Å². The molecule has 4 heteroatoms. The fourth-order valence-corrected chi connectivity index (χ4v) is 2.26. The van der Waals surface area contributed by atoms with E-state index in [9.17, 15) is 0 Å². The molecule has 1 heterocycles. The van der Waals surface area contributed by atoms with Gasteiger partial charge in [-0.3, -0.25) is 0 Å². The highest BCUT2D eigenvalue weighted by atomic mass is 32.1. The van der Waals surface area contributed by atoms with E-state index < -0.39 is 0 Å². The Labute approximate surface area is 88.4 Å². The van der Waals surface area contributed by atoms with Crippen LogP contribution in [0.2, 0.25) is 0 Å². The minimum absolute atomic E-state index is 0.460. The summed E-state index contributed by atoms with van der Waals surface area (Å²) in [6.07, 6.45) is 9.08. The highest BCUT2D eigenvalue weighted by Gasteiger charge is 2.10. The third-order valence-corrected chi connectivity index (χ3v) is 3.03. The molecule has 0 radical (unpaired) electrons. The van der Waals surface area contributed by atoms with Gasteiger partial charge in [0.2, 0.25) is 5.13 Å². The molecule has 2 rings (SSSR count). The zero-order valence-electron chi connectivity index (χ0n) is 8.36. The van der Waals surface area contributed by atoms with Crippen molar-refractivity contribution >= 4 is 16.7 Å². The maximum atomic E-state index is 4.39. The van der Waals surface area contributed by atoms with Gasteiger partial charge in [0.15, 0.2) is 0 Å². The van der Waals surface area contributed by atoms with Gasteiger partial charge < -0.3 is 5.32 Å². The second-order valence-electron chi connectivity index (χ2n) is 3.48. The summed E-state index contributed by atoms with van der Waals surface area (Å²) in [5.41, 5.74) is 0. The minimum atomic E-state index is 0.460. The van der Waals surface area contributed by atoms with Crippen molar-refractivity contribution in [2.24, 2.45) is 0 Å².